The minimum Gasteiger partial charge on any atom is -0.257 e. The number of para-hydroxylation sites is 1. The van der Waals surface area contributed by atoms with Gasteiger partial charge < -0.3 is 0 Å². The summed E-state index contributed by atoms with van der Waals surface area (Å²) in [5.41, 5.74) is 0.663. The molecule has 4 heteroatoms. The monoisotopic (exact) mass is 203 g/mol. The van der Waals surface area contributed by atoms with Crippen molar-refractivity contribution in [1.82, 2.24) is 9.78 Å². The second-order valence-corrected chi connectivity index (χ2v) is 4.21. The number of nitrogens with zero attached hydrogens (tertiary/aromatic N) is 3. The SMILES string of the molecule is CC(C)(CN=O)n1ncc2ccccc21. The minimum atomic E-state index is -0.370. The van der Waals surface area contributed by atoms with Gasteiger partial charge >= 0.3 is 0 Å². The molecule has 0 saturated carbocycles. The van der Waals surface area contributed by atoms with Gasteiger partial charge in [0.25, 0.3) is 0 Å². The molecule has 78 valence electrons. The first-order chi connectivity index (χ1) is 7.15. The van der Waals surface area contributed by atoms with Crippen molar-refractivity contribution in [3.8, 4) is 0 Å². The van der Waals surface area contributed by atoms with Gasteiger partial charge in [0.05, 0.1) is 17.3 Å². The zero-order valence-electron chi connectivity index (χ0n) is 8.84. The molecular weight excluding hydrogens is 190 g/mol. The van der Waals surface area contributed by atoms with E-state index in [1.807, 2.05) is 49.0 Å². The third kappa shape index (κ3) is 1.63. The Bertz CT molecular complexity index is 487. The molecule has 0 aliphatic heterocycles. The molecule has 1 heterocycles. The van der Waals surface area contributed by atoms with Crippen LogP contribution in [0, 0.1) is 4.91 Å². The fourth-order valence-corrected chi connectivity index (χ4v) is 1.68. The number of hydrogen-bond donors (Lipinski definition) is 0. The van der Waals surface area contributed by atoms with Gasteiger partial charge in [0, 0.05) is 5.39 Å². The first-order valence-electron chi connectivity index (χ1n) is 4.87. The van der Waals surface area contributed by atoms with Crippen LogP contribution in [0.5, 0.6) is 0 Å². The Kier molecular flexibility index (Phi) is 2.26. The van der Waals surface area contributed by atoms with E-state index in [-0.39, 0.29) is 12.1 Å². The number of benzene rings is 1. The number of fused-ring (bicyclic) bond motifs is 1. The molecule has 0 amide bonds. The largest absolute Gasteiger partial charge is 0.257 e. The summed E-state index contributed by atoms with van der Waals surface area (Å²) >= 11 is 0. The van der Waals surface area contributed by atoms with Crippen LogP contribution >= 0.6 is 0 Å². The number of hydrogen-bond acceptors (Lipinski definition) is 3. The van der Waals surface area contributed by atoms with Crippen LogP contribution in [-0.4, -0.2) is 16.3 Å². The fourth-order valence-electron chi connectivity index (χ4n) is 1.68. The topological polar surface area (TPSA) is 47.2 Å². The average Bonchev–Trinajstić information content (AvgIpc) is 2.61. The van der Waals surface area contributed by atoms with Crippen molar-refractivity contribution in [2.45, 2.75) is 19.4 Å². The predicted molar refractivity (Wildman–Crippen MR) is 59.7 cm³/mol. The van der Waals surface area contributed by atoms with E-state index in [1.165, 1.54) is 0 Å². The second kappa shape index (κ2) is 3.46. The van der Waals surface area contributed by atoms with Crippen molar-refractivity contribution in [2.75, 3.05) is 6.54 Å². The molecule has 15 heavy (non-hydrogen) atoms. The maximum absolute atomic E-state index is 10.4. The lowest BCUT2D eigenvalue weighted by atomic mass is 10.1. The van der Waals surface area contributed by atoms with E-state index in [1.54, 1.807) is 0 Å². The molecule has 1 aromatic heterocycles. The highest BCUT2D eigenvalue weighted by Gasteiger charge is 2.23. The van der Waals surface area contributed by atoms with Gasteiger partial charge in [-0.05, 0) is 19.9 Å². The van der Waals surface area contributed by atoms with Crippen molar-refractivity contribution in [2.24, 2.45) is 5.18 Å². The maximum atomic E-state index is 10.4. The summed E-state index contributed by atoms with van der Waals surface area (Å²) < 4.78 is 1.85. The fraction of sp³-hybridized carbons (Fsp3) is 0.364. The highest BCUT2D eigenvalue weighted by Crippen LogP contribution is 2.22. The summed E-state index contributed by atoms with van der Waals surface area (Å²) in [5.74, 6) is 0. The maximum Gasteiger partial charge on any atom is 0.106 e. The number of rotatable bonds is 3. The second-order valence-electron chi connectivity index (χ2n) is 4.21. The zero-order chi connectivity index (χ0) is 10.9. The molecular formula is C11H13N3O. The molecule has 0 bridgehead atoms. The summed E-state index contributed by atoms with van der Waals surface area (Å²) in [7, 11) is 0. The van der Waals surface area contributed by atoms with Crippen molar-refractivity contribution in [1.29, 1.82) is 0 Å². The quantitative estimate of drug-likeness (QED) is 0.719. The molecule has 0 aliphatic rings. The zero-order valence-corrected chi connectivity index (χ0v) is 8.84. The molecule has 2 rings (SSSR count). The van der Waals surface area contributed by atoms with Gasteiger partial charge in [-0.3, -0.25) is 4.68 Å². The van der Waals surface area contributed by atoms with E-state index in [4.69, 9.17) is 0 Å². The van der Waals surface area contributed by atoms with E-state index in [0.29, 0.717) is 0 Å². The Morgan fingerprint density at radius 3 is 2.87 bits per heavy atom. The van der Waals surface area contributed by atoms with Gasteiger partial charge in [-0.25, -0.2) is 0 Å². The van der Waals surface area contributed by atoms with Crippen molar-refractivity contribution < 1.29 is 0 Å². The van der Waals surface area contributed by atoms with Crippen molar-refractivity contribution >= 4 is 10.9 Å². The molecule has 0 atom stereocenters. The van der Waals surface area contributed by atoms with Crippen molar-refractivity contribution in [3.63, 3.8) is 0 Å². The van der Waals surface area contributed by atoms with E-state index in [2.05, 4.69) is 10.3 Å². The lowest BCUT2D eigenvalue weighted by Crippen LogP contribution is -2.30. The standard InChI is InChI=1S/C11H13N3O/c1-11(2,8-13-15)14-10-6-4-3-5-9(10)7-12-14/h3-7H,8H2,1-2H3. The highest BCUT2D eigenvalue weighted by molar-refractivity contribution is 5.78. The highest BCUT2D eigenvalue weighted by atomic mass is 16.3. The average molecular weight is 203 g/mol. The first kappa shape index (κ1) is 9.83. The summed E-state index contributed by atoms with van der Waals surface area (Å²) in [6, 6.07) is 7.93. The molecule has 4 nitrogen and oxygen atoms in total. The molecule has 0 fully saturated rings. The van der Waals surface area contributed by atoms with Crippen LogP contribution in [0.4, 0.5) is 0 Å². The molecule has 0 N–H and O–H groups in total. The lowest BCUT2D eigenvalue weighted by molar-refractivity contribution is 0.341. The Morgan fingerprint density at radius 2 is 2.13 bits per heavy atom. The summed E-state index contributed by atoms with van der Waals surface area (Å²) in [6.45, 7) is 4.13. The third-order valence-electron chi connectivity index (χ3n) is 2.50. The van der Waals surface area contributed by atoms with Crippen LogP contribution in [0.3, 0.4) is 0 Å². The Labute approximate surface area is 87.9 Å². The summed E-state index contributed by atoms with van der Waals surface area (Å²) in [6.07, 6.45) is 1.81. The van der Waals surface area contributed by atoms with Gasteiger partial charge in [0.2, 0.25) is 0 Å². The molecule has 0 aliphatic carbocycles. The molecule has 0 spiro atoms. The van der Waals surface area contributed by atoms with E-state index < -0.39 is 0 Å². The van der Waals surface area contributed by atoms with E-state index in [9.17, 15) is 4.91 Å². The molecule has 2 aromatic rings. The Hall–Kier alpha value is -1.71. The Morgan fingerprint density at radius 1 is 1.40 bits per heavy atom. The van der Waals surface area contributed by atoms with Crippen LogP contribution in [-0.2, 0) is 5.54 Å². The van der Waals surface area contributed by atoms with E-state index in [0.717, 1.165) is 10.9 Å². The van der Waals surface area contributed by atoms with Gasteiger partial charge in [0.15, 0.2) is 0 Å². The van der Waals surface area contributed by atoms with Crippen LogP contribution in [0.25, 0.3) is 10.9 Å². The van der Waals surface area contributed by atoms with Crippen molar-refractivity contribution in [3.05, 3.63) is 35.4 Å². The normalized spacial score (nSPS) is 11.9. The van der Waals surface area contributed by atoms with E-state index >= 15 is 0 Å². The summed E-state index contributed by atoms with van der Waals surface area (Å²) in [4.78, 5) is 10.4. The molecule has 0 saturated heterocycles. The van der Waals surface area contributed by atoms with Gasteiger partial charge in [-0.2, -0.15) is 10.0 Å². The summed E-state index contributed by atoms with van der Waals surface area (Å²) in [5, 5.41) is 8.34. The van der Waals surface area contributed by atoms with Crippen LogP contribution < -0.4 is 0 Å². The van der Waals surface area contributed by atoms with Crippen LogP contribution in [0.2, 0.25) is 0 Å². The Balaban J connectivity index is 2.56. The smallest absolute Gasteiger partial charge is 0.106 e. The van der Waals surface area contributed by atoms with Crippen LogP contribution in [0.15, 0.2) is 35.6 Å². The number of aromatic nitrogens is 2. The molecule has 1 aromatic carbocycles. The van der Waals surface area contributed by atoms with Gasteiger partial charge in [-0.1, -0.05) is 23.4 Å². The molecule has 0 unspecified atom stereocenters. The third-order valence-corrected chi connectivity index (χ3v) is 2.50. The van der Waals surface area contributed by atoms with Crippen LogP contribution in [0.1, 0.15) is 13.8 Å². The minimum absolute atomic E-state index is 0.221. The predicted octanol–water partition coefficient (Wildman–Crippen LogP) is 2.54. The van der Waals surface area contributed by atoms with Gasteiger partial charge in [0.1, 0.15) is 6.54 Å². The van der Waals surface area contributed by atoms with Gasteiger partial charge in [-0.15, -0.1) is 0 Å². The molecule has 0 radical (unpaired) electrons. The lowest BCUT2D eigenvalue weighted by Gasteiger charge is -2.22. The first-order valence-corrected chi connectivity index (χ1v) is 4.87. The number of nitroso groups, excluding NO2 is 1.